The number of aromatic nitrogens is 4. The second-order valence-electron chi connectivity index (χ2n) is 7.36. The zero-order chi connectivity index (χ0) is 23.8. The number of para-hydroxylation sites is 1. The van der Waals surface area contributed by atoms with Crippen LogP contribution in [-0.2, 0) is 13.2 Å². The average molecular weight is 616 g/mol. The highest BCUT2D eigenvalue weighted by Gasteiger charge is 2.09. The van der Waals surface area contributed by atoms with Crippen LogP contribution in [0, 0.1) is 0 Å². The van der Waals surface area contributed by atoms with Crippen LogP contribution in [-0.4, -0.2) is 32.5 Å². The van der Waals surface area contributed by atoms with Gasteiger partial charge in [0.2, 0.25) is 5.16 Å². The van der Waals surface area contributed by atoms with Gasteiger partial charge >= 0.3 is 0 Å². The lowest BCUT2D eigenvalue weighted by Crippen LogP contribution is -2.16. The van der Waals surface area contributed by atoms with Crippen LogP contribution in [0.3, 0.4) is 0 Å². The second-order valence-corrected chi connectivity index (χ2v) is 10.2. The van der Waals surface area contributed by atoms with Crippen molar-refractivity contribution in [3.63, 3.8) is 0 Å². The molecule has 0 amide bonds. The molecule has 0 atom stereocenters. The molecule has 35 heavy (non-hydrogen) atoms. The van der Waals surface area contributed by atoms with Crippen LogP contribution < -0.4 is 10.1 Å². The van der Waals surface area contributed by atoms with Crippen LogP contribution in [0.25, 0.3) is 5.69 Å². The molecule has 0 unspecified atom stereocenters. The number of thioether (sulfide) groups is 1. The lowest BCUT2D eigenvalue weighted by atomic mass is 10.2. The van der Waals surface area contributed by atoms with E-state index in [0.29, 0.717) is 23.2 Å². The molecule has 0 saturated carbocycles. The zero-order valence-electron chi connectivity index (χ0n) is 18.5. The van der Waals surface area contributed by atoms with Gasteiger partial charge in [-0.1, -0.05) is 75.2 Å². The number of halogens is 4. The van der Waals surface area contributed by atoms with Gasteiger partial charge in [-0.3, -0.25) is 0 Å². The molecule has 1 heterocycles. The molecule has 6 nitrogen and oxygen atoms in total. The van der Waals surface area contributed by atoms with Crippen LogP contribution in [0.2, 0.25) is 10.0 Å². The van der Waals surface area contributed by atoms with E-state index in [1.54, 1.807) is 22.5 Å². The molecule has 4 aromatic rings. The predicted octanol–water partition coefficient (Wildman–Crippen LogP) is 7.00. The fraction of sp³-hybridized carbons (Fsp3) is 0.208. The highest BCUT2D eigenvalue weighted by molar-refractivity contribution is 9.10. The normalized spacial score (nSPS) is 10.7. The predicted molar refractivity (Wildman–Crippen MR) is 148 cm³/mol. The number of hydrogen-bond acceptors (Lipinski definition) is 6. The maximum absolute atomic E-state index is 6.27. The van der Waals surface area contributed by atoms with Crippen LogP contribution >= 0.6 is 63.3 Å². The number of hydrogen-bond donors (Lipinski definition) is 1. The molecule has 4 rings (SSSR count). The van der Waals surface area contributed by atoms with Gasteiger partial charge in [-0.15, -0.1) is 17.5 Å². The summed E-state index contributed by atoms with van der Waals surface area (Å²) < 4.78 is 8.83. The zero-order valence-corrected chi connectivity index (χ0v) is 23.3. The van der Waals surface area contributed by atoms with Gasteiger partial charge < -0.3 is 10.1 Å². The molecule has 3 aromatic carbocycles. The highest BCUT2D eigenvalue weighted by Crippen LogP contribution is 2.27. The molecule has 0 bridgehead atoms. The summed E-state index contributed by atoms with van der Waals surface area (Å²) in [7, 11) is 0. The fourth-order valence-electron chi connectivity index (χ4n) is 3.21. The minimum Gasteiger partial charge on any atom is -0.489 e. The third kappa shape index (κ3) is 8.10. The number of tetrazole rings is 1. The minimum atomic E-state index is 0. The molecule has 11 heteroatoms. The van der Waals surface area contributed by atoms with Gasteiger partial charge in [-0.05, 0) is 65.9 Å². The Bertz CT molecular complexity index is 1230. The van der Waals surface area contributed by atoms with E-state index in [4.69, 9.17) is 27.9 Å². The Morgan fingerprint density at radius 2 is 1.83 bits per heavy atom. The van der Waals surface area contributed by atoms with E-state index in [9.17, 15) is 0 Å². The van der Waals surface area contributed by atoms with E-state index >= 15 is 0 Å². The van der Waals surface area contributed by atoms with E-state index in [1.165, 1.54) is 0 Å². The van der Waals surface area contributed by atoms with Crippen LogP contribution in [0.1, 0.15) is 17.5 Å². The lowest BCUT2D eigenvalue weighted by molar-refractivity contribution is 0.302. The molecule has 0 saturated heterocycles. The molecule has 0 aliphatic carbocycles. The summed E-state index contributed by atoms with van der Waals surface area (Å²) in [6.07, 6.45) is 0.969. The summed E-state index contributed by atoms with van der Waals surface area (Å²) in [5.41, 5.74) is 2.91. The van der Waals surface area contributed by atoms with Crippen molar-refractivity contribution in [2.75, 3.05) is 12.3 Å². The molecule has 1 aromatic heterocycles. The smallest absolute Gasteiger partial charge is 0.214 e. The van der Waals surface area contributed by atoms with E-state index in [2.05, 4.69) is 42.8 Å². The van der Waals surface area contributed by atoms with Crippen molar-refractivity contribution in [1.82, 2.24) is 25.5 Å². The largest absolute Gasteiger partial charge is 0.489 e. The van der Waals surface area contributed by atoms with Crippen molar-refractivity contribution in [2.45, 2.75) is 24.7 Å². The first kappa shape index (κ1) is 27.8. The highest BCUT2D eigenvalue weighted by atomic mass is 79.9. The number of ether oxygens (including phenoxy) is 1. The van der Waals surface area contributed by atoms with Crippen LogP contribution in [0.5, 0.6) is 5.75 Å². The van der Waals surface area contributed by atoms with Crippen molar-refractivity contribution < 1.29 is 4.74 Å². The minimum absolute atomic E-state index is 0. The molecular formula is C24H23BrCl3N5OS. The van der Waals surface area contributed by atoms with Crippen LogP contribution in [0.15, 0.2) is 76.4 Å². The monoisotopic (exact) mass is 613 g/mol. The van der Waals surface area contributed by atoms with Gasteiger partial charge in [0.1, 0.15) is 12.4 Å². The van der Waals surface area contributed by atoms with Crippen molar-refractivity contribution >= 4 is 63.3 Å². The first-order valence-electron chi connectivity index (χ1n) is 10.6. The van der Waals surface area contributed by atoms with Gasteiger partial charge in [-0.25, -0.2) is 0 Å². The third-order valence-corrected chi connectivity index (χ3v) is 6.99. The van der Waals surface area contributed by atoms with Crippen molar-refractivity contribution in [1.29, 1.82) is 0 Å². The summed E-state index contributed by atoms with van der Waals surface area (Å²) in [6, 6.07) is 21.3. The Morgan fingerprint density at radius 1 is 1.00 bits per heavy atom. The molecule has 184 valence electrons. The molecular weight excluding hydrogens is 593 g/mol. The fourth-order valence-corrected chi connectivity index (χ4v) is 4.91. The Balaban J connectivity index is 0.00000342. The lowest BCUT2D eigenvalue weighted by Gasteiger charge is -2.14. The SMILES string of the molecule is Cl.Clc1ccc(COc2ccc(Br)cc2CNCCCSc2nnnn2-c2ccccc2)c(Cl)c1. The number of nitrogens with zero attached hydrogens (tertiary/aromatic N) is 4. The molecule has 0 aliphatic rings. The Labute approximate surface area is 233 Å². The van der Waals surface area contributed by atoms with Gasteiger partial charge in [0.15, 0.2) is 0 Å². The maximum Gasteiger partial charge on any atom is 0.214 e. The molecule has 0 spiro atoms. The first-order valence-corrected chi connectivity index (χ1v) is 13.2. The summed E-state index contributed by atoms with van der Waals surface area (Å²) in [6.45, 7) is 1.92. The Kier molecular flexibility index (Phi) is 11.2. The summed E-state index contributed by atoms with van der Waals surface area (Å²) in [5.74, 6) is 1.72. The quantitative estimate of drug-likeness (QED) is 0.145. The second kappa shape index (κ2) is 14.1. The van der Waals surface area contributed by atoms with E-state index in [-0.39, 0.29) is 12.4 Å². The van der Waals surface area contributed by atoms with Gasteiger partial charge in [-0.2, -0.15) is 4.68 Å². The van der Waals surface area contributed by atoms with Gasteiger partial charge in [0.05, 0.1) is 5.69 Å². The van der Waals surface area contributed by atoms with Crippen LogP contribution in [0.4, 0.5) is 0 Å². The number of rotatable bonds is 11. The van der Waals surface area contributed by atoms with Gasteiger partial charge in [0, 0.05) is 37.9 Å². The topological polar surface area (TPSA) is 64.9 Å². The third-order valence-electron chi connectivity index (χ3n) is 4.91. The van der Waals surface area contributed by atoms with Gasteiger partial charge in [0.25, 0.3) is 0 Å². The Morgan fingerprint density at radius 3 is 2.63 bits per heavy atom. The van der Waals surface area contributed by atoms with Crippen molar-refractivity contribution in [3.8, 4) is 11.4 Å². The first-order chi connectivity index (χ1) is 16.6. The van der Waals surface area contributed by atoms with Crippen molar-refractivity contribution in [2.24, 2.45) is 0 Å². The molecule has 1 N–H and O–H groups in total. The number of benzene rings is 3. The summed E-state index contributed by atoms with van der Waals surface area (Å²) >= 11 is 17.4. The van der Waals surface area contributed by atoms with Crippen molar-refractivity contribution in [3.05, 3.63) is 92.4 Å². The summed E-state index contributed by atoms with van der Waals surface area (Å²) in [5, 5.41) is 17.5. The molecule has 0 aliphatic heterocycles. The average Bonchev–Trinajstić information content (AvgIpc) is 3.31. The Hall–Kier alpha value is -1.81. The maximum atomic E-state index is 6.27. The van der Waals surface area contributed by atoms with E-state index in [0.717, 1.165) is 50.9 Å². The van der Waals surface area contributed by atoms with E-state index in [1.807, 2.05) is 54.6 Å². The molecule has 0 radical (unpaired) electrons. The van der Waals surface area contributed by atoms with E-state index < -0.39 is 0 Å². The summed E-state index contributed by atoms with van der Waals surface area (Å²) in [4.78, 5) is 0. The standard InChI is InChI=1S/C24H22BrCl2N5OS.ClH/c25-19-8-10-23(33-16-17-7-9-20(26)14-22(17)27)18(13-19)15-28-11-4-12-34-24-29-30-31-32(24)21-5-2-1-3-6-21;/h1-3,5-10,13-14,28H,4,11-12,15-16H2;1H. The number of nitrogens with one attached hydrogen (secondary N) is 1. The molecule has 0 fully saturated rings.